The Morgan fingerprint density at radius 1 is 1.08 bits per heavy atom. The SMILES string of the molecule is Cc1ccccc1C1(O)CCN(CC2CCc3ccccc3C2=O)CC1. The van der Waals surface area contributed by atoms with Crippen LogP contribution in [0.3, 0.4) is 0 Å². The minimum atomic E-state index is -0.731. The molecule has 3 heteroatoms. The summed E-state index contributed by atoms with van der Waals surface area (Å²) in [5.41, 5.74) is 3.59. The van der Waals surface area contributed by atoms with Gasteiger partial charge < -0.3 is 10.0 Å². The van der Waals surface area contributed by atoms with Gasteiger partial charge in [0.1, 0.15) is 0 Å². The average molecular weight is 349 g/mol. The van der Waals surface area contributed by atoms with Crippen LogP contribution in [0.1, 0.15) is 46.3 Å². The number of nitrogens with zero attached hydrogens (tertiary/aromatic N) is 1. The van der Waals surface area contributed by atoms with E-state index < -0.39 is 5.60 Å². The minimum absolute atomic E-state index is 0.0922. The Bertz CT molecular complexity index is 805. The number of carbonyl (C=O) groups excluding carboxylic acids is 1. The van der Waals surface area contributed by atoms with Crippen molar-refractivity contribution in [2.24, 2.45) is 5.92 Å². The molecule has 2 aliphatic rings. The molecule has 4 rings (SSSR count). The minimum Gasteiger partial charge on any atom is -0.385 e. The normalized spacial score (nSPS) is 22.8. The van der Waals surface area contributed by atoms with E-state index >= 15 is 0 Å². The summed E-state index contributed by atoms with van der Waals surface area (Å²) in [7, 11) is 0. The van der Waals surface area contributed by atoms with Gasteiger partial charge in [0.2, 0.25) is 0 Å². The lowest BCUT2D eigenvalue weighted by atomic mass is 9.80. The fourth-order valence-electron chi connectivity index (χ4n) is 4.62. The van der Waals surface area contributed by atoms with Crippen molar-refractivity contribution in [3.05, 3.63) is 70.8 Å². The quantitative estimate of drug-likeness (QED) is 0.918. The highest BCUT2D eigenvalue weighted by Gasteiger charge is 2.36. The number of rotatable bonds is 3. The Labute approximate surface area is 155 Å². The Hall–Kier alpha value is -1.97. The largest absolute Gasteiger partial charge is 0.385 e. The van der Waals surface area contributed by atoms with Gasteiger partial charge in [0.05, 0.1) is 5.60 Å². The van der Waals surface area contributed by atoms with Gasteiger partial charge in [-0.2, -0.15) is 0 Å². The number of likely N-dealkylation sites (tertiary alicyclic amines) is 1. The van der Waals surface area contributed by atoms with Crippen molar-refractivity contribution in [1.29, 1.82) is 0 Å². The highest BCUT2D eigenvalue weighted by atomic mass is 16.3. The predicted octanol–water partition coefficient (Wildman–Crippen LogP) is 3.72. The molecule has 136 valence electrons. The zero-order valence-electron chi connectivity index (χ0n) is 15.4. The molecule has 1 N–H and O–H groups in total. The smallest absolute Gasteiger partial charge is 0.167 e. The van der Waals surface area contributed by atoms with Crippen LogP contribution in [-0.4, -0.2) is 35.4 Å². The maximum atomic E-state index is 12.8. The Morgan fingerprint density at radius 2 is 1.77 bits per heavy atom. The van der Waals surface area contributed by atoms with Crippen molar-refractivity contribution >= 4 is 5.78 Å². The van der Waals surface area contributed by atoms with Gasteiger partial charge in [0.15, 0.2) is 5.78 Å². The molecule has 0 spiro atoms. The number of hydrogen-bond acceptors (Lipinski definition) is 3. The topological polar surface area (TPSA) is 40.5 Å². The number of fused-ring (bicyclic) bond motifs is 1. The Balaban J connectivity index is 1.40. The monoisotopic (exact) mass is 349 g/mol. The van der Waals surface area contributed by atoms with E-state index in [0.29, 0.717) is 5.78 Å². The second-order valence-corrected chi connectivity index (χ2v) is 7.90. The van der Waals surface area contributed by atoms with Crippen LogP contribution in [0.2, 0.25) is 0 Å². The third-order valence-electron chi connectivity index (χ3n) is 6.22. The first-order valence-corrected chi connectivity index (χ1v) is 9.70. The lowest BCUT2D eigenvalue weighted by Gasteiger charge is -2.40. The van der Waals surface area contributed by atoms with Gasteiger partial charge in [-0.15, -0.1) is 0 Å². The van der Waals surface area contributed by atoms with E-state index in [0.717, 1.165) is 62.0 Å². The van der Waals surface area contributed by atoms with Crippen LogP contribution < -0.4 is 0 Å². The predicted molar refractivity (Wildman–Crippen MR) is 103 cm³/mol. The second-order valence-electron chi connectivity index (χ2n) is 7.90. The highest BCUT2D eigenvalue weighted by molar-refractivity contribution is 6.00. The fraction of sp³-hybridized carbons (Fsp3) is 0.435. The number of hydrogen-bond donors (Lipinski definition) is 1. The van der Waals surface area contributed by atoms with Crippen LogP contribution >= 0.6 is 0 Å². The number of aryl methyl sites for hydroxylation is 2. The van der Waals surface area contributed by atoms with Gasteiger partial charge in [-0.1, -0.05) is 48.5 Å². The standard InChI is InChI=1S/C23H27NO2/c1-17-6-2-5-9-21(17)23(26)12-14-24(15-13-23)16-19-11-10-18-7-3-4-8-20(18)22(19)25/h2-9,19,26H,10-16H2,1H3. The lowest BCUT2D eigenvalue weighted by Crippen LogP contribution is -2.45. The maximum absolute atomic E-state index is 12.8. The van der Waals surface area contributed by atoms with Crippen LogP contribution in [0, 0.1) is 12.8 Å². The molecule has 0 bridgehead atoms. The van der Waals surface area contributed by atoms with Crippen molar-refractivity contribution < 1.29 is 9.90 Å². The summed E-state index contributed by atoms with van der Waals surface area (Å²) in [5, 5.41) is 11.1. The molecule has 1 atom stereocenters. The van der Waals surface area contributed by atoms with E-state index in [2.05, 4.69) is 24.0 Å². The molecule has 2 aromatic carbocycles. The summed E-state index contributed by atoms with van der Waals surface area (Å²) in [6.07, 6.45) is 3.40. The summed E-state index contributed by atoms with van der Waals surface area (Å²) in [5.74, 6) is 0.390. The number of Topliss-reactive ketones (excluding diaryl/α,β-unsaturated/α-hetero) is 1. The number of aliphatic hydroxyl groups is 1. The third kappa shape index (κ3) is 3.22. The lowest BCUT2D eigenvalue weighted by molar-refractivity contribution is -0.0287. The fourth-order valence-corrected chi connectivity index (χ4v) is 4.62. The van der Waals surface area contributed by atoms with Gasteiger partial charge in [-0.05, 0) is 49.3 Å². The van der Waals surface area contributed by atoms with Gasteiger partial charge in [0, 0.05) is 31.1 Å². The summed E-state index contributed by atoms with van der Waals surface area (Å²) in [4.78, 5) is 15.2. The first-order valence-electron chi connectivity index (χ1n) is 9.70. The molecule has 2 aromatic rings. The molecule has 0 amide bonds. The highest BCUT2D eigenvalue weighted by Crippen LogP contribution is 2.35. The second kappa shape index (κ2) is 6.98. The van der Waals surface area contributed by atoms with Crippen molar-refractivity contribution in [2.75, 3.05) is 19.6 Å². The number of carbonyl (C=O) groups is 1. The molecule has 0 radical (unpaired) electrons. The molecule has 1 fully saturated rings. The summed E-state index contributed by atoms with van der Waals surface area (Å²) >= 11 is 0. The summed E-state index contributed by atoms with van der Waals surface area (Å²) < 4.78 is 0. The molecule has 1 saturated heterocycles. The zero-order valence-corrected chi connectivity index (χ0v) is 15.4. The summed E-state index contributed by atoms with van der Waals surface area (Å²) in [6.45, 7) is 4.57. The van der Waals surface area contributed by atoms with Crippen LogP contribution in [0.5, 0.6) is 0 Å². The van der Waals surface area contributed by atoms with Gasteiger partial charge >= 0.3 is 0 Å². The molecule has 1 aliphatic heterocycles. The van der Waals surface area contributed by atoms with E-state index in [4.69, 9.17) is 0 Å². The molecular weight excluding hydrogens is 322 g/mol. The van der Waals surface area contributed by atoms with Crippen LogP contribution in [-0.2, 0) is 12.0 Å². The maximum Gasteiger partial charge on any atom is 0.167 e. The van der Waals surface area contributed by atoms with Crippen molar-refractivity contribution in [2.45, 2.75) is 38.2 Å². The molecule has 0 aromatic heterocycles. The molecule has 0 saturated carbocycles. The van der Waals surface area contributed by atoms with E-state index in [1.165, 1.54) is 5.56 Å². The molecular formula is C23H27NO2. The molecule has 1 heterocycles. The van der Waals surface area contributed by atoms with Crippen LogP contribution in [0.25, 0.3) is 0 Å². The Kier molecular flexibility index (Phi) is 4.68. The van der Waals surface area contributed by atoms with Gasteiger partial charge in [-0.25, -0.2) is 0 Å². The Morgan fingerprint density at radius 3 is 2.54 bits per heavy atom. The number of piperidine rings is 1. The van der Waals surface area contributed by atoms with Crippen LogP contribution in [0.4, 0.5) is 0 Å². The molecule has 26 heavy (non-hydrogen) atoms. The van der Waals surface area contributed by atoms with E-state index in [-0.39, 0.29) is 5.92 Å². The van der Waals surface area contributed by atoms with Crippen molar-refractivity contribution in [3.8, 4) is 0 Å². The molecule has 1 unspecified atom stereocenters. The van der Waals surface area contributed by atoms with E-state index in [1.54, 1.807) is 0 Å². The van der Waals surface area contributed by atoms with Gasteiger partial charge in [-0.3, -0.25) is 4.79 Å². The van der Waals surface area contributed by atoms with Gasteiger partial charge in [0.25, 0.3) is 0 Å². The molecule has 1 aliphatic carbocycles. The van der Waals surface area contributed by atoms with Crippen LogP contribution in [0.15, 0.2) is 48.5 Å². The van der Waals surface area contributed by atoms with Crippen molar-refractivity contribution in [1.82, 2.24) is 4.90 Å². The summed E-state index contributed by atoms with van der Waals surface area (Å²) in [6, 6.07) is 16.2. The molecule has 3 nitrogen and oxygen atoms in total. The van der Waals surface area contributed by atoms with E-state index in [9.17, 15) is 9.90 Å². The first kappa shape index (κ1) is 17.4. The van der Waals surface area contributed by atoms with Crippen molar-refractivity contribution in [3.63, 3.8) is 0 Å². The number of ketones is 1. The zero-order chi connectivity index (χ0) is 18.1. The number of benzene rings is 2. The van der Waals surface area contributed by atoms with E-state index in [1.807, 2.05) is 36.4 Å². The third-order valence-corrected chi connectivity index (χ3v) is 6.22. The average Bonchev–Trinajstić information content (AvgIpc) is 2.66. The first-order chi connectivity index (χ1) is 12.6.